The number of hydrogen-bond donors (Lipinski definition) is 2. The molecule has 0 heterocycles. The molecular formula is C18H26N2O4S. The lowest BCUT2D eigenvalue weighted by Gasteiger charge is -2.43. The van der Waals surface area contributed by atoms with Gasteiger partial charge in [0.15, 0.2) is 9.84 Å². The standard InChI is InChI=1S/C18H26N2O4S/c1-2-25(23,24)17-6-4-3-5-16(17)19-14-9-15(10-14)20(12-18(21)22)11-13-7-8-13/h3-6,13-15,19H,2,7-12H2,1H3,(H,21,22). The molecule has 0 atom stereocenters. The van der Waals surface area contributed by atoms with Crippen molar-refractivity contribution in [2.45, 2.75) is 49.6 Å². The van der Waals surface area contributed by atoms with Crippen LogP contribution in [0.15, 0.2) is 29.2 Å². The monoisotopic (exact) mass is 366 g/mol. The van der Waals surface area contributed by atoms with Crippen molar-refractivity contribution in [2.24, 2.45) is 5.92 Å². The van der Waals surface area contributed by atoms with Gasteiger partial charge in [-0.3, -0.25) is 9.69 Å². The first-order chi connectivity index (χ1) is 11.9. The van der Waals surface area contributed by atoms with Crippen molar-refractivity contribution in [3.05, 3.63) is 24.3 Å². The number of nitrogens with one attached hydrogen (secondary N) is 1. The zero-order valence-electron chi connectivity index (χ0n) is 14.5. The van der Waals surface area contributed by atoms with Crippen LogP contribution in [0.5, 0.6) is 0 Å². The number of carbonyl (C=O) groups is 1. The van der Waals surface area contributed by atoms with E-state index in [4.69, 9.17) is 5.11 Å². The fourth-order valence-corrected chi connectivity index (χ4v) is 4.44. The van der Waals surface area contributed by atoms with Crippen molar-refractivity contribution in [1.29, 1.82) is 0 Å². The van der Waals surface area contributed by atoms with Gasteiger partial charge >= 0.3 is 5.97 Å². The summed E-state index contributed by atoms with van der Waals surface area (Å²) in [5.74, 6) is -0.0505. The van der Waals surface area contributed by atoms with E-state index in [1.54, 1.807) is 25.1 Å². The van der Waals surface area contributed by atoms with Crippen LogP contribution < -0.4 is 5.32 Å². The fraction of sp³-hybridized carbons (Fsp3) is 0.611. The second-order valence-corrected chi connectivity index (χ2v) is 9.38. The largest absolute Gasteiger partial charge is 0.480 e. The predicted molar refractivity (Wildman–Crippen MR) is 96.5 cm³/mol. The number of benzene rings is 1. The summed E-state index contributed by atoms with van der Waals surface area (Å²) < 4.78 is 24.4. The lowest BCUT2D eigenvalue weighted by molar-refractivity contribution is -0.139. The molecule has 6 nitrogen and oxygen atoms in total. The molecule has 1 aromatic carbocycles. The molecule has 0 unspecified atom stereocenters. The highest BCUT2D eigenvalue weighted by Crippen LogP contribution is 2.35. The Morgan fingerprint density at radius 1 is 1.28 bits per heavy atom. The van der Waals surface area contributed by atoms with Crippen molar-refractivity contribution in [1.82, 2.24) is 4.90 Å². The third-order valence-electron chi connectivity index (χ3n) is 5.12. The van der Waals surface area contributed by atoms with E-state index in [1.165, 1.54) is 12.8 Å². The molecule has 2 saturated carbocycles. The Morgan fingerprint density at radius 3 is 2.56 bits per heavy atom. The quantitative estimate of drug-likeness (QED) is 0.697. The summed E-state index contributed by atoms with van der Waals surface area (Å²) in [5.41, 5.74) is 0.653. The zero-order chi connectivity index (χ0) is 18.0. The Kier molecular flexibility index (Phi) is 5.34. The van der Waals surface area contributed by atoms with Gasteiger partial charge in [-0.1, -0.05) is 19.1 Å². The van der Waals surface area contributed by atoms with Gasteiger partial charge in [-0.15, -0.1) is 0 Å². The smallest absolute Gasteiger partial charge is 0.317 e. The number of nitrogens with zero attached hydrogens (tertiary/aromatic N) is 1. The molecule has 2 aliphatic rings. The molecule has 0 bridgehead atoms. The van der Waals surface area contributed by atoms with Crippen molar-refractivity contribution in [2.75, 3.05) is 24.2 Å². The molecule has 25 heavy (non-hydrogen) atoms. The van der Waals surface area contributed by atoms with E-state index in [0.717, 1.165) is 19.4 Å². The van der Waals surface area contributed by atoms with E-state index in [0.29, 0.717) is 16.5 Å². The lowest BCUT2D eigenvalue weighted by atomic mass is 9.85. The Hall–Kier alpha value is -1.60. The fourth-order valence-electron chi connectivity index (χ4n) is 3.38. The predicted octanol–water partition coefficient (Wildman–Crippen LogP) is 2.22. The average Bonchev–Trinajstić information content (AvgIpc) is 3.33. The number of hydrogen-bond acceptors (Lipinski definition) is 5. The highest BCUT2D eigenvalue weighted by molar-refractivity contribution is 7.91. The molecule has 0 saturated heterocycles. The maximum absolute atomic E-state index is 12.2. The first-order valence-corrected chi connectivity index (χ1v) is 10.6. The molecule has 0 radical (unpaired) electrons. The number of carboxylic acid groups (broad SMARTS) is 1. The minimum Gasteiger partial charge on any atom is -0.480 e. The van der Waals surface area contributed by atoms with Gasteiger partial charge in [0.1, 0.15) is 0 Å². The second-order valence-electron chi connectivity index (χ2n) is 7.13. The maximum Gasteiger partial charge on any atom is 0.317 e. The summed E-state index contributed by atoms with van der Waals surface area (Å²) in [6.07, 6.45) is 4.10. The summed E-state index contributed by atoms with van der Waals surface area (Å²) in [5, 5.41) is 12.5. The number of carboxylic acids is 1. The molecule has 2 aliphatic carbocycles. The van der Waals surface area contributed by atoms with Crippen molar-refractivity contribution < 1.29 is 18.3 Å². The Morgan fingerprint density at radius 2 is 1.96 bits per heavy atom. The minimum atomic E-state index is -3.26. The van der Waals surface area contributed by atoms with Crippen molar-refractivity contribution in [3.63, 3.8) is 0 Å². The van der Waals surface area contributed by atoms with Crippen LogP contribution in [0.1, 0.15) is 32.6 Å². The van der Waals surface area contributed by atoms with E-state index in [9.17, 15) is 13.2 Å². The molecule has 1 aromatic rings. The molecule has 2 fully saturated rings. The van der Waals surface area contributed by atoms with Crippen LogP contribution in [0.25, 0.3) is 0 Å². The summed E-state index contributed by atoms with van der Waals surface area (Å²) in [7, 11) is -3.26. The van der Waals surface area contributed by atoms with Gasteiger partial charge in [0.05, 0.1) is 22.9 Å². The Balaban J connectivity index is 1.61. The van der Waals surface area contributed by atoms with Crippen LogP contribution in [0.2, 0.25) is 0 Å². The Labute approximate surface area is 149 Å². The van der Waals surface area contributed by atoms with Crippen LogP contribution >= 0.6 is 0 Å². The van der Waals surface area contributed by atoms with Crippen LogP contribution in [-0.4, -0.2) is 55.3 Å². The van der Waals surface area contributed by atoms with Crippen molar-refractivity contribution in [3.8, 4) is 0 Å². The number of aliphatic carboxylic acids is 1. The number of anilines is 1. The summed E-state index contributed by atoms with van der Waals surface area (Å²) >= 11 is 0. The van der Waals surface area contributed by atoms with Gasteiger partial charge in [0, 0.05) is 18.6 Å². The summed E-state index contributed by atoms with van der Waals surface area (Å²) in [4.78, 5) is 13.5. The molecule has 138 valence electrons. The average molecular weight is 366 g/mol. The molecule has 2 N–H and O–H groups in total. The highest BCUT2D eigenvalue weighted by Gasteiger charge is 2.37. The van der Waals surface area contributed by atoms with Gasteiger partial charge < -0.3 is 10.4 Å². The van der Waals surface area contributed by atoms with Gasteiger partial charge in [0.2, 0.25) is 0 Å². The third-order valence-corrected chi connectivity index (χ3v) is 6.91. The van der Waals surface area contributed by atoms with Gasteiger partial charge in [0.25, 0.3) is 0 Å². The third kappa shape index (κ3) is 4.52. The van der Waals surface area contributed by atoms with Crippen LogP contribution in [0, 0.1) is 5.92 Å². The van der Waals surface area contributed by atoms with Gasteiger partial charge in [-0.2, -0.15) is 0 Å². The van der Waals surface area contributed by atoms with E-state index in [1.807, 2.05) is 6.07 Å². The molecule has 0 amide bonds. The molecule has 0 spiro atoms. The first kappa shape index (κ1) is 18.2. The lowest BCUT2D eigenvalue weighted by Crippen LogP contribution is -2.52. The van der Waals surface area contributed by atoms with E-state index < -0.39 is 15.8 Å². The van der Waals surface area contributed by atoms with Crippen LogP contribution in [0.4, 0.5) is 5.69 Å². The minimum absolute atomic E-state index is 0.0762. The van der Waals surface area contributed by atoms with Gasteiger partial charge in [-0.25, -0.2) is 8.42 Å². The number of rotatable bonds is 9. The molecule has 0 aliphatic heterocycles. The zero-order valence-corrected chi connectivity index (χ0v) is 15.3. The van der Waals surface area contributed by atoms with E-state index in [2.05, 4.69) is 10.2 Å². The van der Waals surface area contributed by atoms with E-state index in [-0.39, 0.29) is 24.4 Å². The normalized spacial score (nSPS) is 23.3. The van der Waals surface area contributed by atoms with Gasteiger partial charge in [-0.05, 0) is 43.7 Å². The van der Waals surface area contributed by atoms with Crippen LogP contribution in [0.3, 0.4) is 0 Å². The maximum atomic E-state index is 12.2. The molecule has 0 aromatic heterocycles. The molecule has 3 rings (SSSR count). The SMILES string of the molecule is CCS(=O)(=O)c1ccccc1NC1CC(N(CC(=O)O)CC2CC2)C1. The Bertz CT molecular complexity index is 724. The number of sulfone groups is 1. The van der Waals surface area contributed by atoms with Crippen LogP contribution in [-0.2, 0) is 14.6 Å². The first-order valence-electron chi connectivity index (χ1n) is 8.93. The molecular weight excluding hydrogens is 340 g/mol. The summed E-state index contributed by atoms with van der Waals surface area (Å²) in [6, 6.07) is 7.47. The molecule has 7 heteroatoms. The van der Waals surface area contributed by atoms with E-state index >= 15 is 0 Å². The van der Waals surface area contributed by atoms with Crippen molar-refractivity contribution >= 4 is 21.5 Å². The topological polar surface area (TPSA) is 86.7 Å². The highest BCUT2D eigenvalue weighted by atomic mass is 32.2. The second kappa shape index (κ2) is 7.33. The summed E-state index contributed by atoms with van der Waals surface area (Å²) in [6.45, 7) is 2.60. The number of para-hydroxylation sites is 1.